The summed E-state index contributed by atoms with van der Waals surface area (Å²) < 4.78 is 7.24. The van der Waals surface area contributed by atoms with Crippen LogP contribution in [-0.2, 0) is 4.12 Å². The zero-order valence-electron chi connectivity index (χ0n) is 21.7. The molecule has 0 aromatic carbocycles. The van der Waals surface area contributed by atoms with Gasteiger partial charge in [0.05, 0.1) is 0 Å². The average molecular weight is 439 g/mol. The Morgan fingerprint density at radius 3 is 1.31 bits per heavy atom. The van der Waals surface area contributed by atoms with Crippen LogP contribution in [0.3, 0.4) is 0 Å². The zero-order chi connectivity index (χ0) is 22.0. The second-order valence-electron chi connectivity index (χ2n) is 13.2. The molecule has 0 bridgehead atoms. The van der Waals surface area contributed by atoms with Gasteiger partial charge in [-0.05, 0) is 111 Å². The van der Waals surface area contributed by atoms with Crippen LogP contribution in [0.25, 0.3) is 0 Å². The summed E-state index contributed by atoms with van der Waals surface area (Å²) in [5, 5.41) is 0. The molecule has 3 heteroatoms. The van der Waals surface area contributed by atoms with Gasteiger partial charge in [-0.1, -0.05) is 54.4 Å². The van der Waals surface area contributed by atoms with Crippen LogP contribution in [0.4, 0.5) is 0 Å². The van der Waals surface area contributed by atoms with Crippen LogP contribution in [0.1, 0.15) is 80.1 Å². The Bertz CT molecular complexity index is 455. The monoisotopic (exact) mass is 438 g/mol. The second-order valence-corrected chi connectivity index (χ2v) is 21.9. The molecule has 0 amide bonds. The Hall–Kier alpha value is 0.394. The lowest BCUT2D eigenvalue weighted by Crippen LogP contribution is -2.48. The predicted octanol–water partition coefficient (Wildman–Crippen LogP) is 8.83. The molecule has 172 valence electrons. The van der Waals surface area contributed by atoms with Gasteiger partial charge < -0.3 is 4.12 Å². The third kappa shape index (κ3) is 7.79. The Balaban J connectivity index is 2.02. The summed E-state index contributed by atoms with van der Waals surface area (Å²) in [5.74, 6) is 7.16. The first kappa shape index (κ1) is 25.7. The van der Waals surface area contributed by atoms with Gasteiger partial charge in [0.2, 0.25) is 0 Å². The van der Waals surface area contributed by atoms with Crippen LogP contribution >= 0.6 is 0 Å². The molecule has 2 aliphatic rings. The van der Waals surface area contributed by atoms with E-state index in [1.807, 2.05) is 0 Å². The third-order valence-electron chi connectivity index (χ3n) is 8.38. The van der Waals surface area contributed by atoms with Crippen molar-refractivity contribution in [3.8, 4) is 0 Å². The minimum absolute atomic E-state index is 0.832. The van der Waals surface area contributed by atoms with Gasteiger partial charge in [0.1, 0.15) is 0 Å². The fourth-order valence-electron chi connectivity index (χ4n) is 7.36. The van der Waals surface area contributed by atoms with Crippen molar-refractivity contribution in [1.29, 1.82) is 0 Å². The van der Waals surface area contributed by atoms with Crippen molar-refractivity contribution in [1.82, 2.24) is 0 Å². The topological polar surface area (TPSA) is 9.23 Å². The van der Waals surface area contributed by atoms with E-state index in [0.717, 1.165) is 47.3 Å². The Kier molecular flexibility index (Phi) is 9.15. The molecular weight excluding hydrogens is 384 g/mol. The van der Waals surface area contributed by atoms with Crippen molar-refractivity contribution in [2.24, 2.45) is 47.3 Å². The van der Waals surface area contributed by atoms with Gasteiger partial charge >= 0.3 is 0 Å². The van der Waals surface area contributed by atoms with Crippen molar-refractivity contribution >= 4 is 16.6 Å². The molecule has 0 radical (unpaired) electrons. The molecule has 0 aliphatic heterocycles. The van der Waals surface area contributed by atoms with Crippen molar-refractivity contribution in [2.45, 2.75) is 118 Å². The summed E-state index contributed by atoms with van der Waals surface area (Å²) in [6.45, 7) is 25.0. The number of hydrogen-bond acceptors (Lipinski definition) is 1. The highest BCUT2D eigenvalue weighted by atomic mass is 28.4. The maximum absolute atomic E-state index is 7.24. The van der Waals surface area contributed by atoms with E-state index in [2.05, 4.69) is 67.7 Å². The van der Waals surface area contributed by atoms with Gasteiger partial charge in [0, 0.05) is 0 Å². The first-order valence-electron chi connectivity index (χ1n) is 13.0. The molecule has 2 aliphatic carbocycles. The van der Waals surface area contributed by atoms with Gasteiger partial charge in [0.25, 0.3) is 0 Å². The van der Waals surface area contributed by atoms with E-state index >= 15 is 0 Å². The lowest BCUT2D eigenvalue weighted by molar-refractivity contribution is 0.152. The van der Waals surface area contributed by atoms with Crippen LogP contribution in [0.5, 0.6) is 0 Å². The molecule has 6 atom stereocenters. The summed E-state index contributed by atoms with van der Waals surface area (Å²) >= 11 is 0. The highest BCUT2D eigenvalue weighted by molar-refractivity contribution is 6.84. The van der Waals surface area contributed by atoms with Gasteiger partial charge in [0.15, 0.2) is 16.6 Å². The molecule has 0 spiro atoms. The van der Waals surface area contributed by atoms with Gasteiger partial charge in [-0.15, -0.1) is 0 Å². The van der Waals surface area contributed by atoms with Gasteiger partial charge in [-0.2, -0.15) is 0 Å². The highest BCUT2D eigenvalue weighted by Gasteiger charge is 2.42. The van der Waals surface area contributed by atoms with E-state index in [4.69, 9.17) is 4.12 Å². The Labute approximate surface area is 186 Å². The molecule has 6 unspecified atom stereocenters. The fourth-order valence-corrected chi connectivity index (χ4v) is 17.5. The minimum Gasteiger partial charge on any atom is -0.455 e. The molecule has 0 saturated heterocycles. The lowest BCUT2D eigenvalue weighted by Gasteiger charge is -2.45. The van der Waals surface area contributed by atoms with Crippen molar-refractivity contribution in [3.63, 3.8) is 0 Å². The van der Waals surface area contributed by atoms with E-state index in [0.29, 0.717) is 0 Å². The van der Waals surface area contributed by atoms with Crippen LogP contribution < -0.4 is 0 Å². The molecule has 2 rings (SSSR count). The normalized spacial score (nSPS) is 34.8. The van der Waals surface area contributed by atoms with Gasteiger partial charge in [-0.25, -0.2) is 0 Å². The van der Waals surface area contributed by atoms with E-state index in [1.54, 1.807) is 0 Å². The number of rotatable bonds is 8. The predicted molar refractivity (Wildman–Crippen MR) is 135 cm³/mol. The summed E-state index contributed by atoms with van der Waals surface area (Å²) in [4.78, 5) is 0. The zero-order valence-corrected chi connectivity index (χ0v) is 23.7. The molecule has 0 aromatic rings. The van der Waals surface area contributed by atoms with Crippen LogP contribution in [0, 0.1) is 47.3 Å². The van der Waals surface area contributed by atoms with Crippen LogP contribution in [0.15, 0.2) is 0 Å². The van der Waals surface area contributed by atoms with Crippen LogP contribution in [0.2, 0.25) is 38.3 Å². The molecule has 0 heterocycles. The lowest BCUT2D eigenvalue weighted by atomic mass is 9.71. The summed E-state index contributed by atoms with van der Waals surface area (Å²) in [5.41, 5.74) is 0. The fraction of sp³-hybridized carbons (Fsp3) is 1.00. The first-order chi connectivity index (χ1) is 13.3. The first-order valence-corrected chi connectivity index (χ1v) is 19.2. The summed E-state index contributed by atoms with van der Waals surface area (Å²) in [7, 11) is -3.26. The Morgan fingerprint density at radius 2 is 1.00 bits per heavy atom. The molecule has 2 fully saturated rings. The third-order valence-corrected chi connectivity index (χ3v) is 15.8. The molecule has 2 saturated carbocycles. The van der Waals surface area contributed by atoms with Crippen molar-refractivity contribution < 1.29 is 4.12 Å². The van der Waals surface area contributed by atoms with E-state index in [9.17, 15) is 0 Å². The maximum Gasteiger partial charge on any atom is 0.173 e. The second kappa shape index (κ2) is 10.3. The highest BCUT2D eigenvalue weighted by Crippen LogP contribution is 2.45. The van der Waals surface area contributed by atoms with Crippen molar-refractivity contribution in [2.75, 3.05) is 0 Å². The molecule has 0 N–H and O–H groups in total. The SMILES string of the molecule is CC1CCC(C(C)C)C(C[Si](C)(C)O[Si](C)(C)CC2CC(C)CCC2C(C)C)C1. The number of hydrogen-bond donors (Lipinski definition) is 0. The molecule has 1 nitrogen and oxygen atoms in total. The smallest absolute Gasteiger partial charge is 0.173 e. The van der Waals surface area contributed by atoms with E-state index in [-0.39, 0.29) is 0 Å². The van der Waals surface area contributed by atoms with Gasteiger partial charge in [-0.3, -0.25) is 0 Å². The average Bonchev–Trinajstić information content (AvgIpc) is 2.51. The standard InChI is InChI=1S/C26H54OSi2/c1-19(2)25-13-11-21(5)15-23(25)17-28(7,8)27-29(9,10)18-24-16-22(6)12-14-26(24)20(3)4/h19-26H,11-18H2,1-10H3. The molecular formula is C26H54OSi2. The molecule has 29 heavy (non-hydrogen) atoms. The van der Waals surface area contributed by atoms with Crippen molar-refractivity contribution in [3.05, 3.63) is 0 Å². The molecule has 0 aromatic heterocycles. The summed E-state index contributed by atoms with van der Waals surface area (Å²) in [6, 6.07) is 2.79. The minimum atomic E-state index is -1.63. The quantitative estimate of drug-likeness (QED) is 0.344. The van der Waals surface area contributed by atoms with E-state index in [1.165, 1.54) is 50.6 Å². The largest absolute Gasteiger partial charge is 0.455 e. The Morgan fingerprint density at radius 1 is 0.655 bits per heavy atom. The van der Waals surface area contributed by atoms with E-state index < -0.39 is 16.6 Å². The van der Waals surface area contributed by atoms with Crippen LogP contribution in [-0.4, -0.2) is 16.6 Å². The maximum atomic E-state index is 7.24. The summed E-state index contributed by atoms with van der Waals surface area (Å²) in [6.07, 6.45) is 8.67.